The molecular weight excluding hydrogens is 689 g/mol. The van der Waals surface area contributed by atoms with Crippen LogP contribution in [0.25, 0.3) is 0 Å². The Labute approximate surface area is 329 Å². The molecular formula is C52H48O4. The van der Waals surface area contributed by atoms with E-state index in [0.717, 1.165) is 0 Å². The van der Waals surface area contributed by atoms with Gasteiger partial charge in [0.05, 0.1) is 0 Å². The van der Waals surface area contributed by atoms with Gasteiger partial charge in [-0.15, -0.1) is 0 Å². The number of ether oxygens (including phenoxy) is 4. The molecule has 56 heavy (non-hydrogen) atoms. The SMILES string of the molecule is CC1(C)[C@@]23C=C[C@@](O2)(c2ccccc23)C(C)(C)[C@@]23C=C[C@@](O2)(c2ccccc23)C(C)(C)[C@@]23C=C[C@@](O2)(c2ccccc23)C(C)(C)[C@]23C=C[C@]1(O2)c1ccccc13. The lowest BCUT2D eigenvalue weighted by Crippen LogP contribution is -2.58. The first kappa shape index (κ1) is 32.7. The molecule has 9 heterocycles. The van der Waals surface area contributed by atoms with Crippen molar-refractivity contribution < 1.29 is 18.9 Å². The Hall–Kier alpha value is -4.32. The summed E-state index contributed by atoms with van der Waals surface area (Å²) >= 11 is 0. The average Bonchev–Trinajstić information content (AvgIpc) is 4.08. The summed E-state index contributed by atoms with van der Waals surface area (Å²) in [7, 11) is 0. The van der Waals surface area contributed by atoms with E-state index in [1.54, 1.807) is 0 Å². The van der Waals surface area contributed by atoms with Gasteiger partial charge in [-0.05, 0) is 93.1 Å². The maximum Gasteiger partial charge on any atom is 0.122 e. The molecule has 4 nitrogen and oxygen atoms in total. The summed E-state index contributed by atoms with van der Waals surface area (Å²) in [6, 6.07) is 35.8. The summed E-state index contributed by atoms with van der Waals surface area (Å²) in [5, 5.41) is 0. The average molecular weight is 737 g/mol. The minimum Gasteiger partial charge on any atom is -0.349 e. The summed E-state index contributed by atoms with van der Waals surface area (Å²) < 4.78 is 32.2. The third-order valence-electron chi connectivity index (χ3n) is 17.8. The standard InChI is InChI=1S/C52H48O4/c1-41(2)45-25-27-47(53-45,35-19-11-9-17-33(35)45)42(3,4)49-29-31-51(55-49,39-23-15-13-21-37(39)49)44(7,8)52-32-30-50(56-52,38-22-14-16-24-40(38)52)43(5,6)48-28-26-46(41,54-48)34-18-10-12-20-36(34)48/h9-32H,1-8H3/t45-,46-,47+,48+,49-,50+,51+,52-. The smallest absolute Gasteiger partial charge is 0.122 e. The number of rotatable bonds is 0. The molecule has 4 aromatic carbocycles. The van der Waals surface area contributed by atoms with E-state index in [0.29, 0.717) is 0 Å². The molecule has 0 N–H and O–H groups in total. The Kier molecular flexibility index (Phi) is 5.10. The Morgan fingerprint density at radius 3 is 0.482 bits per heavy atom. The first-order chi connectivity index (χ1) is 26.6. The normalized spacial score (nSPS) is 43.6. The number of hydrogen-bond donors (Lipinski definition) is 0. The van der Waals surface area contributed by atoms with Gasteiger partial charge in [0.1, 0.15) is 44.8 Å². The zero-order chi connectivity index (χ0) is 38.4. The van der Waals surface area contributed by atoms with Crippen molar-refractivity contribution in [3.63, 3.8) is 0 Å². The van der Waals surface area contributed by atoms with Gasteiger partial charge < -0.3 is 18.9 Å². The fraction of sp³-hybridized carbons (Fsp3) is 0.385. The summed E-state index contributed by atoms with van der Waals surface area (Å²) in [4.78, 5) is 0. The van der Waals surface area contributed by atoms with E-state index in [2.05, 4.69) is 201 Å². The first-order valence-electron chi connectivity index (χ1n) is 20.6. The Morgan fingerprint density at radius 2 is 0.357 bits per heavy atom. The molecule has 13 rings (SSSR count). The number of hydrogen-bond acceptors (Lipinski definition) is 4. The van der Waals surface area contributed by atoms with Gasteiger partial charge in [0, 0.05) is 21.7 Å². The maximum absolute atomic E-state index is 8.05. The van der Waals surface area contributed by atoms with Crippen LogP contribution >= 0.6 is 0 Å². The quantitative estimate of drug-likeness (QED) is 0.169. The van der Waals surface area contributed by atoms with E-state index >= 15 is 0 Å². The Balaban J connectivity index is 1.17. The fourth-order valence-electron chi connectivity index (χ4n) is 14.4. The summed E-state index contributed by atoms with van der Waals surface area (Å²) in [6.07, 6.45) is 19.0. The van der Waals surface area contributed by atoms with Crippen LogP contribution in [0.2, 0.25) is 0 Å². The monoisotopic (exact) mass is 736 g/mol. The van der Waals surface area contributed by atoms with Gasteiger partial charge in [-0.3, -0.25) is 0 Å². The van der Waals surface area contributed by atoms with Crippen LogP contribution in [-0.4, -0.2) is 0 Å². The van der Waals surface area contributed by atoms with Crippen LogP contribution in [0.3, 0.4) is 0 Å². The summed E-state index contributed by atoms with van der Waals surface area (Å²) in [5.41, 5.74) is 0.417. The molecule has 9 aliphatic rings. The van der Waals surface area contributed by atoms with E-state index < -0.39 is 66.5 Å². The lowest BCUT2D eigenvalue weighted by molar-refractivity contribution is -0.300. The van der Waals surface area contributed by atoms with Crippen molar-refractivity contribution >= 4 is 0 Å². The highest BCUT2D eigenvalue weighted by molar-refractivity contribution is 5.66. The maximum atomic E-state index is 8.05. The molecule has 1 fully saturated rings. The highest BCUT2D eigenvalue weighted by Gasteiger charge is 2.83. The molecule has 280 valence electrons. The lowest BCUT2D eigenvalue weighted by atomic mass is 9.52. The van der Waals surface area contributed by atoms with Crippen LogP contribution in [0.1, 0.15) is 99.9 Å². The Bertz CT molecular complexity index is 2150. The molecule has 0 aliphatic carbocycles. The predicted octanol–water partition coefficient (Wildman–Crippen LogP) is 10.9. The first-order valence-corrected chi connectivity index (χ1v) is 20.6. The van der Waals surface area contributed by atoms with E-state index in [9.17, 15) is 0 Å². The molecule has 8 bridgehead atoms. The van der Waals surface area contributed by atoms with E-state index in [1.807, 2.05) is 0 Å². The molecule has 0 radical (unpaired) electrons. The van der Waals surface area contributed by atoms with Crippen LogP contribution in [-0.2, 0) is 63.8 Å². The van der Waals surface area contributed by atoms with Gasteiger partial charge in [-0.25, -0.2) is 0 Å². The number of benzene rings is 4. The van der Waals surface area contributed by atoms with Gasteiger partial charge in [0.25, 0.3) is 0 Å². The second-order valence-electron chi connectivity index (χ2n) is 20.3. The highest BCUT2D eigenvalue weighted by Crippen LogP contribution is 2.81. The second-order valence-corrected chi connectivity index (χ2v) is 20.3. The topological polar surface area (TPSA) is 36.9 Å². The molecule has 0 saturated carbocycles. The predicted molar refractivity (Wildman–Crippen MR) is 215 cm³/mol. The Morgan fingerprint density at radius 1 is 0.232 bits per heavy atom. The van der Waals surface area contributed by atoms with Crippen LogP contribution in [0.4, 0.5) is 0 Å². The van der Waals surface area contributed by atoms with Crippen LogP contribution < -0.4 is 0 Å². The van der Waals surface area contributed by atoms with Gasteiger partial charge in [0.2, 0.25) is 0 Å². The second kappa shape index (κ2) is 8.73. The molecule has 0 unspecified atom stereocenters. The molecule has 0 aromatic heterocycles. The molecule has 4 aromatic rings. The molecule has 4 heteroatoms. The van der Waals surface area contributed by atoms with Gasteiger partial charge in [-0.1, -0.05) is 152 Å². The van der Waals surface area contributed by atoms with Crippen LogP contribution in [0, 0.1) is 21.7 Å². The van der Waals surface area contributed by atoms with E-state index in [1.165, 1.54) is 44.5 Å². The largest absolute Gasteiger partial charge is 0.349 e. The molecule has 9 aliphatic heterocycles. The molecule has 0 amide bonds. The van der Waals surface area contributed by atoms with Crippen molar-refractivity contribution in [2.45, 2.75) is 100 Å². The van der Waals surface area contributed by atoms with Crippen molar-refractivity contribution in [1.29, 1.82) is 0 Å². The highest BCUT2D eigenvalue weighted by atomic mass is 16.6. The van der Waals surface area contributed by atoms with Crippen molar-refractivity contribution in [2.24, 2.45) is 21.7 Å². The summed E-state index contributed by atoms with van der Waals surface area (Å²) in [6.45, 7) is 18.9. The fourth-order valence-corrected chi connectivity index (χ4v) is 14.4. The minimum absolute atomic E-state index is 0.635. The minimum atomic E-state index is -0.829. The van der Waals surface area contributed by atoms with E-state index in [-0.39, 0.29) is 0 Å². The zero-order valence-electron chi connectivity index (χ0n) is 33.5. The third kappa shape index (κ3) is 2.63. The van der Waals surface area contributed by atoms with Gasteiger partial charge in [0.15, 0.2) is 0 Å². The molecule has 0 spiro atoms. The number of fused-ring (bicyclic) bond motifs is 4. The lowest BCUT2D eigenvalue weighted by Gasteiger charge is -2.55. The van der Waals surface area contributed by atoms with Crippen molar-refractivity contribution in [3.05, 3.63) is 190 Å². The van der Waals surface area contributed by atoms with Crippen LogP contribution in [0.5, 0.6) is 0 Å². The van der Waals surface area contributed by atoms with E-state index in [4.69, 9.17) is 18.9 Å². The zero-order valence-corrected chi connectivity index (χ0v) is 33.5. The van der Waals surface area contributed by atoms with Gasteiger partial charge in [-0.2, -0.15) is 0 Å². The molecule has 8 atom stereocenters. The van der Waals surface area contributed by atoms with Crippen molar-refractivity contribution in [1.82, 2.24) is 0 Å². The third-order valence-corrected chi connectivity index (χ3v) is 17.8. The van der Waals surface area contributed by atoms with Gasteiger partial charge >= 0.3 is 0 Å². The van der Waals surface area contributed by atoms with Crippen LogP contribution in [0.15, 0.2) is 146 Å². The van der Waals surface area contributed by atoms with Crippen molar-refractivity contribution in [2.75, 3.05) is 0 Å². The summed E-state index contributed by atoms with van der Waals surface area (Å²) in [5.74, 6) is 0. The van der Waals surface area contributed by atoms with Crippen molar-refractivity contribution in [3.8, 4) is 0 Å². The molecule has 1 saturated heterocycles.